The predicted molar refractivity (Wildman–Crippen MR) is 71.8 cm³/mol. The minimum Gasteiger partial charge on any atom is -0.462 e. The van der Waals surface area contributed by atoms with Crippen molar-refractivity contribution in [2.75, 3.05) is 23.4 Å². The first-order valence-electron chi connectivity index (χ1n) is 5.91. The molecule has 4 heteroatoms. The summed E-state index contributed by atoms with van der Waals surface area (Å²) in [5.74, 6) is 2.15. The molecule has 1 N–H and O–H groups in total. The molecule has 0 radical (unpaired) electrons. The van der Waals surface area contributed by atoms with Crippen LogP contribution in [0.25, 0.3) is 0 Å². The number of carbonyl (C=O) groups is 1. The summed E-state index contributed by atoms with van der Waals surface area (Å²) in [4.78, 5) is 11.5. The zero-order valence-electron chi connectivity index (χ0n) is 9.94. The van der Waals surface area contributed by atoms with Gasteiger partial charge >= 0.3 is 5.97 Å². The molecule has 0 aliphatic carbocycles. The molecule has 1 heterocycles. The third-order valence-electron chi connectivity index (χ3n) is 2.70. The van der Waals surface area contributed by atoms with Crippen molar-refractivity contribution in [2.24, 2.45) is 0 Å². The van der Waals surface area contributed by atoms with E-state index in [1.165, 1.54) is 17.9 Å². The van der Waals surface area contributed by atoms with Crippen LogP contribution in [0.2, 0.25) is 0 Å². The topological polar surface area (TPSA) is 38.3 Å². The summed E-state index contributed by atoms with van der Waals surface area (Å²) in [6.45, 7) is 2.23. The Kier molecular flexibility index (Phi) is 4.31. The number of thioether (sulfide) groups is 1. The van der Waals surface area contributed by atoms with Crippen LogP contribution in [-0.2, 0) is 4.74 Å². The number of esters is 1. The van der Waals surface area contributed by atoms with Gasteiger partial charge in [0.2, 0.25) is 0 Å². The van der Waals surface area contributed by atoms with E-state index in [2.05, 4.69) is 5.32 Å². The summed E-state index contributed by atoms with van der Waals surface area (Å²) in [6.07, 6.45) is 1.21. The molecule has 0 aromatic heterocycles. The zero-order valence-corrected chi connectivity index (χ0v) is 10.8. The monoisotopic (exact) mass is 251 g/mol. The van der Waals surface area contributed by atoms with Crippen molar-refractivity contribution in [3.05, 3.63) is 29.8 Å². The second kappa shape index (κ2) is 5.96. The standard InChI is InChI=1S/C13H17NO2S/c1-2-16-13(15)10-3-5-11(6-4-10)14-12-7-8-17-9-12/h3-6,12,14H,2,7-9H2,1H3. The molecule has 17 heavy (non-hydrogen) atoms. The fraction of sp³-hybridized carbons (Fsp3) is 0.462. The van der Waals surface area contributed by atoms with Gasteiger partial charge in [0.25, 0.3) is 0 Å². The Balaban J connectivity index is 1.94. The van der Waals surface area contributed by atoms with E-state index in [4.69, 9.17) is 4.74 Å². The van der Waals surface area contributed by atoms with Crippen LogP contribution in [0.5, 0.6) is 0 Å². The molecule has 1 aliphatic heterocycles. The van der Waals surface area contributed by atoms with Crippen LogP contribution in [-0.4, -0.2) is 30.1 Å². The molecular weight excluding hydrogens is 234 g/mol. The quantitative estimate of drug-likeness (QED) is 0.835. The number of hydrogen-bond donors (Lipinski definition) is 1. The first kappa shape index (κ1) is 12.3. The number of rotatable bonds is 4. The van der Waals surface area contributed by atoms with Gasteiger partial charge < -0.3 is 10.1 Å². The van der Waals surface area contributed by atoms with Crippen molar-refractivity contribution in [1.29, 1.82) is 0 Å². The van der Waals surface area contributed by atoms with E-state index >= 15 is 0 Å². The normalized spacial score (nSPS) is 19.0. The number of ether oxygens (including phenoxy) is 1. The van der Waals surface area contributed by atoms with E-state index in [0.29, 0.717) is 18.2 Å². The Morgan fingerprint density at radius 2 is 2.24 bits per heavy atom. The lowest BCUT2D eigenvalue weighted by Gasteiger charge is -2.12. The highest BCUT2D eigenvalue weighted by molar-refractivity contribution is 7.99. The van der Waals surface area contributed by atoms with Gasteiger partial charge in [0, 0.05) is 17.5 Å². The van der Waals surface area contributed by atoms with E-state index in [1.807, 2.05) is 43.0 Å². The van der Waals surface area contributed by atoms with Crippen LogP contribution in [0.3, 0.4) is 0 Å². The number of nitrogens with one attached hydrogen (secondary N) is 1. The molecular formula is C13H17NO2S. The van der Waals surface area contributed by atoms with Gasteiger partial charge in [-0.05, 0) is 43.4 Å². The number of hydrogen-bond acceptors (Lipinski definition) is 4. The van der Waals surface area contributed by atoms with E-state index in [-0.39, 0.29) is 5.97 Å². The highest BCUT2D eigenvalue weighted by Crippen LogP contribution is 2.21. The molecule has 0 saturated carbocycles. The Labute approximate surface area is 106 Å². The molecule has 1 aliphatic rings. The maximum absolute atomic E-state index is 11.5. The molecule has 1 atom stereocenters. The predicted octanol–water partition coefficient (Wildman–Crippen LogP) is 2.78. The molecule has 1 unspecified atom stereocenters. The van der Waals surface area contributed by atoms with Crippen molar-refractivity contribution < 1.29 is 9.53 Å². The highest BCUT2D eigenvalue weighted by Gasteiger charge is 2.15. The van der Waals surface area contributed by atoms with Gasteiger partial charge in [-0.2, -0.15) is 11.8 Å². The second-order valence-electron chi connectivity index (χ2n) is 4.00. The molecule has 1 saturated heterocycles. The van der Waals surface area contributed by atoms with Crippen molar-refractivity contribution >= 4 is 23.4 Å². The summed E-state index contributed by atoms with van der Waals surface area (Å²) in [5, 5.41) is 3.47. The average Bonchev–Trinajstić information content (AvgIpc) is 2.83. The van der Waals surface area contributed by atoms with Gasteiger partial charge in [-0.25, -0.2) is 4.79 Å². The smallest absolute Gasteiger partial charge is 0.338 e. The number of benzene rings is 1. The van der Waals surface area contributed by atoms with Crippen LogP contribution in [0.4, 0.5) is 5.69 Å². The number of anilines is 1. The summed E-state index contributed by atoms with van der Waals surface area (Å²) in [6, 6.07) is 8.06. The first-order chi connectivity index (χ1) is 8.29. The van der Waals surface area contributed by atoms with E-state index < -0.39 is 0 Å². The number of carbonyl (C=O) groups excluding carboxylic acids is 1. The maximum Gasteiger partial charge on any atom is 0.338 e. The van der Waals surface area contributed by atoms with Gasteiger partial charge in [-0.15, -0.1) is 0 Å². The van der Waals surface area contributed by atoms with Gasteiger partial charge in [0.05, 0.1) is 12.2 Å². The molecule has 1 aromatic rings. The Hall–Kier alpha value is -1.16. The van der Waals surface area contributed by atoms with Crippen LogP contribution < -0.4 is 5.32 Å². The van der Waals surface area contributed by atoms with E-state index in [9.17, 15) is 4.79 Å². The van der Waals surface area contributed by atoms with Gasteiger partial charge in [0.15, 0.2) is 0 Å². The summed E-state index contributed by atoms with van der Waals surface area (Å²) < 4.78 is 4.94. The SMILES string of the molecule is CCOC(=O)c1ccc(NC2CCSC2)cc1. The molecule has 0 spiro atoms. The summed E-state index contributed by atoms with van der Waals surface area (Å²) in [5.41, 5.74) is 1.68. The van der Waals surface area contributed by atoms with Crippen LogP contribution >= 0.6 is 11.8 Å². The lowest BCUT2D eigenvalue weighted by Crippen LogP contribution is -2.18. The van der Waals surface area contributed by atoms with Crippen molar-refractivity contribution in [1.82, 2.24) is 0 Å². The van der Waals surface area contributed by atoms with Crippen LogP contribution in [0, 0.1) is 0 Å². The van der Waals surface area contributed by atoms with E-state index in [1.54, 1.807) is 0 Å². The second-order valence-corrected chi connectivity index (χ2v) is 5.15. The molecule has 0 bridgehead atoms. The Bertz CT molecular complexity index is 372. The van der Waals surface area contributed by atoms with E-state index in [0.717, 1.165) is 5.69 Å². The molecule has 3 nitrogen and oxygen atoms in total. The largest absolute Gasteiger partial charge is 0.462 e. The fourth-order valence-corrected chi connectivity index (χ4v) is 2.95. The minimum absolute atomic E-state index is 0.254. The lowest BCUT2D eigenvalue weighted by molar-refractivity contribution is 0.0526. The van der Waals surface area contributed by atoms with Crippen molar-refractivity contribution in [3.8, 4) is 0 Å². The van der Waals surface area contributed by atoms with Crippen molar-refractivity contribution in [2.45, 2.75) is 19.4 Å². The molecule has 1 aromatic carbocycles. The third-order valence-corrected chi connectivity index (χ3v) is 3.86. The molecule has 92 valence electrons. The highest BCUT2D eigenvalue weighted by atomic mass is 32.2. The molecule has 0 amide bonds. The maximum atomic E-state index is 11.5. The Morgan fingerprint density at radius 3 is 2.82 bits per heavy atom. The third kappa shape index (κ3) is 3.40. The zero-order chi connectivity index (χ0) is 12.1. The van der Waals surface area contributed by atoms with Crippen molar-refractivity contribution in [3.63, 3.8) is 0 Å². The average molecular weight is 251 g/mol. The molecule has 2 rings (SSSR count). The minimum atomic E-state index is -0.254. The first-order valence-corrected chi connectivity index (χ1v) is 7.06. The van der Waals surface area contributed by atoms with Gasteiger partial charge in [-0.1, -0.05) is 0 Å². The molecule has 1 fully saturated rings. The fourth-order valence-electron chi connectivity index (χ4n) is 1.80. The van der Waals surface area contributed by atoms with Gasteiger partial charge in [-0.3, -0.25) is 0 Å². The van der Waals surface area contributed by atoms with Crippen LogP contribution in [0.1, 0.15) is 23.7 Å². The lowest BCUT2D eigenvalue weighted by atomic mass is 10.2. The van der Waals surface area contributed by atoms with Crippen LogP contribution in [0.15, 0.2) is 24.3 Å². The summed E-state index contributed by atoms with van der Waals surface area (Å²) >= 11 is 1.98. The Morgan fingerprint density at radius 1 is 1.47 bits per heavy atom. The summed E-state index contributed by atoms with van der Waals surface area (Å²) in [7, 11) is 0. The van der Waals surface area contributed by atoms with Gasteiger partial charge in [0.1, 0.15) is 0 Å².